The first kappa shape index (κ1) is 15.7. The lowest BCUT2D eigenvalue weighted by Gasteiger charge is -2.18. The summed E-state index contributed by atoms with van der Waals surface area (Å²) >= 11 is 0. The lowest BCUT2D eigenvalue weighted by molar-refractivity contribution is -0.116. The van der Waals surface area contributed by atoms with E-state index in [0.717, 1.165) is 16.9 Å². The zero-order valence-corrected chi connectivity index (χ0v) is 13.1. The first-order valence-electron chi connectivity index (χ1n) is 7.71. The van der Waals surface area contributed by atoms with E-state index in [0.29, 0.717) is 25.5 Å². The van der Waals surface area contributed by atoms with Gasteiger partial charge < -0.3 is 14.8 Å². The molecule has 1 amide bonds. The molecule has 0 radical (unpaired) electrons. The first-order valence-corrected chi connectivity index (χ1v) is 7.71. The fraction of sp³-hybridized carbons (Fsp3) is 0.150. The predicted octanol–water partition coefficient (Wildman–Crippen LogP) is 2.64. The number of amides is 1. The van der Waals surface area contributed by atoms with Crippen LogP contribution in [0.2, 0.25) is 0 Å². The van der Waals surface area contributed by atoms with Crippen LogP contribution >= 0.6 is 0 Å². The maximum atomic E-state index is 11.8. The number of nitrogens with one attached hydrogen (secondary N) is 1. The standard InChI is InChI=1S/C20H17NO3/c22-20(21-12-4-7-16-5-2-1-3-6-16)11-9-17-8-10-18-19(15-17)24-14-13-23-18/h1-3,5-6,8-11,15H,12-14H2,(H,21,22)/b11-9+. The lowest BCUT2D eigenvalue weighted by Crippen LogP contribution is -2.20. The van der Waals surface area contributed by atoms with E-state index in [9.17, 15) is 4.79 Å². The summed E-state index contributed by atoms with van der Waals surface area (Å²) in [5.41, 5.74) is 1.81. The molecule has 0 atom stereocenters. The van der Waals surface area contributed by atoms with Gasteiger partial charge in [-0.25, -0.2) is 0 Å². The van der Waals surface area contributed by atoms with E-state index in [1.54, 1.807) is 6.08 Å². The molecule has 0 aromatic heterocycles. The van der Waals surface area contributed by atoms with Gasteiger partial charge >= 0.3 is 0 Å². The second-order valence-corrected chi connectivity index (χ2v) is 5.12. The summed E-state index contributed by atoms with van der Waals surface area (Å²) in [5.74, 6) is 7.16. The molecule has 0 bridgehead atoms. The predicted molar refractivity (Wildman–Crippen MR) is 92.8 cm³/mol. The molecule has 120 valence electrons. The maximum absolute atomic E-state index is 11.8. The summed E-state index contributed by atoms with van der Waals surface area (Å²) in [6.45, 7) is 1.41. The van der Waals surface area contributed by atoms with Crippen molar-refractivity contribution in [3.63, 3.8) is 0 Å². The normalized spacial score (nSPS) is 12.3. The second kappa shape index (κ2) is 7.89. The van der Waals surface area contributed by atoms with Gasteiger partial charge in [0.05, 0.1) is 6.54 Å². The molecule has 1 N–H and O–H groups in total. The van der Waals surface area contributed by atoms with Gasteiger partial charge in [0.1, 0.15) is 13.2 Å². The third-order valence-corrected chi connectivity index (χ3v) is 3.35. The van der Waals surface area contributed by atoms with E-state index < -0.39 is 0 Å². The van der Waals surface area contributed by atoms with Crippen LogP contribution in [0.5, 0.6) is 11.5 Å². The van der Waals surface area contributed by atoms with Crippen LogP contribution in [0.25, 0.3) is 6.08 Å². The zero-order chi connectivity index (χ0) is 16.6. The van der Waals surface area contributed by atoms with Crippen molar-refractivity contribution in [2.45, 2.75) is 0 Å². The van der Waals surface area contributed by atoms with Crippen LogP contribution in [-0.2, 0) is 4.79 Å². The average Bonchev–Trinajstić information content (AvgIpc) is 2.64. The van der Waals surface area contributed by atoms with Crippen LogP contribution in [0.15, 0.2) is 54.6 Å². The van der Waals surface area contributed by atoms with E-state index in [4.69, 9.17) is 9.47 Å². The molecule has 4 heteroatoms. The Bertz CT molecular complexity index is 801. The summed E-state index contributed by atoms with van der Waals surface area (Å²) < 4.78 is 11.0. The Morgan fingerprint density at radius 3 is 2.71 bits per heavy atom. The van der Waals surface area contributed by atoms with Gasteiger partial charge in [0.25, 0.3) is 0 Å². The Morgan fingerprint density at radius 1 is 1.08 bits per heavy atom. The SMILES string of the molecule is O=C(/C=C/c1ccc2c(c1)OCCO2)NCC#Cc1ccccc1. The van der Waals surface area contributed by atoms with E-state index in [-0.39, 0.29) is 5.91 Å². The van der Waals surface area contributed by atoms with Gasteiger partial charge in [0, 0.05) is 11.6 Å². The van der Waals surface area contributed by atoms with Gasteiger partial charge in [0.2, 0.25) is 5.91 Å². The molecule has 0 fully saturated rings. The van der Waals surface area contributed by atoms with Crippen LogP contribution in [0, 0.1) is 11.8 Å². The number of rotatable bonds is 3. The molecule has 1 aliphatic rings. The molecule has 2 aromatic rings. The summed E-state index contributed by atoms with van der Waals surface area (Å²) in [4.78, 5) is 11.8. The minimum Gasteiger partial charge on any atom is -0.486 e. The van der Waals surface area contributed by atoms with Crippen LogP contribution < -0.4 is 14.8 Å². The highest BCUT2D eigenvalue weighted by atomic mass is 16.6. The molecular formula is C20H17NO3. The van der Waals surface area contributed by atoms with E-state index in [1.807, 2.05) is 48.5 Å². The second-order valence-electron chi connectivity index (χ2n) is 5.12. The van der Waals surface area contributed by atoms with Crippen LogP contribution in [0.3, 0.4) is 0 Å². The van der Waals surface area contributed by atoms with Crippen molar-refractivity contribution < 1.29 is 14.3 Å². The molecule has 0 aliphatic carbocycles. The summed E-state index contributed by atoms with van der Waals surface area (Å²) in [6, 6.07) is 15.2. The Morgan fingerprint density at radius 2 is 1.88 bits per heavy atom. The van der Waals surface area contributed by atoms with Gasteiger partial charge in [-0.3, -0.25) is 4.79 Å². The number of hydrogen-bond acceptors (Lipinski definition) is 3. The molecule has 1 aliphatic heterocycles. The monoisotopic (exact) mass is 319 g/mol. The van der Waals surface area contributed by atoms with Crippen LogP contribution in [0.1, 0.15) is 11.1 Å². The Balaban J connectivity index is 1.51. The fourth-order valence-electron chi connectivity index (χ4n) is 2.19. The molecule has 1 heterocycles. The van der Waals surface area contributed by atoms with Crippen molar-refractivity contribution in [3.05, 3.63) is 65.7 Å². The summed E-state index contributed by atoms with van der Waals surface area (Å²) in [7, 11) is 0. The molecule has 0 saturated carbocycles. The molecular weight excluding hydrogens is 302 g/mol. The molecule has 0 saturated heterocycles. The van der Waals surface area contributed by atoms with Gasteiger partial charge in [-0.15, -0.1) is 0 Å². The van der Waals surface area contributed by atoms with Gasteiger partial charge in [0.15, 0.2) is 11.5 Å². The number of carbonyl (C=O) groups excluding carboxylic acids is 1. The number of ether oxygens (including phenoxy) is 2. The topological polar surface area (TPSA) is 47.6 Å². The molecule has 4 nitrogen and oxygen atoms in total. The summed E-state index contributed by atoms with van der Waals surface area (Å²) in [6.07, 6.45) is 3.22. The Hall–Kier alpha value is -3.19. The van der Waals surface area contributed by atoms with Crippen molar-refractivity contribution in [1.29, 1.82) is 0 Å². The van der Waals surface area contributed by atoms with Crippen LogP contribution in [-0.4, -0.2) is 25.7 Å². The smallest absolute Gasteiger partial charge is 0.244 e. The van der Waals surface area contributed by atoms with Crippen molar-refractivity contribution in [1.82, 2.24) is 5.32 Å². The largest absolute Gasteiger partial charge is 0.486 e. The van der Waals surface area contributed by atoms with E-state index >= 15 is 0 Å². The lowest BCUT2D eigenvalue weighted by atomic mass is 10.2. The van der Waals surface area contributed by atoms with Crippen molar-refractivity contribution in [3.8, 4) is 23.3 Å². The molecule has 0 unspecified atom stereocenters. The first-order chi connectivity index (χ1) is 11.8. The Kier molecular flexibility index (Phi) is 5.16. The van der Waals surface area contributed by atoms with Gasteiger partial charge in [-0.1, -0.05) is 36.1 Å². The maximum Gasteiger partial charge on any atom is 0.244 e. The average molecular weight is 319 g/mol. The van der Waals surface area contributed by atoms with Gasteiger partial charge in [-0.2, -0.15) is 0 Å². The van der Waals surface area contributed by atoms with E-state index in [1.165, 1.54) is 6.08 Å². The number of hydrogen-bond donors (Lipinski definition) is 1. The molecule has 3 rings (SSSR count). The van der Waals surface area contributed by atoms with Crippen molar-refractivity contribution in [2.24, 2.45) is 0 Å². The molecule has 2 aromatic carbocycles. The molecule has 0 spiro atoms. The van der Waals surface area contributed by atoms with E-state index in [2.05, 4.69) is 17.2 Å². The Labute approximate surface area is 141 Å². The number of carbonyl (C=O) groups is 1. The number of fused-ring (bicyclic) bond motifs is 1. The van der Waals surface area contributed by atoms with Crippen LogP contribution in [0.4, 0.5) is 0 Å². The minimum absolute atomic E-state index is 0.188. The quantitative estimate of drug-likeness (QED) is 0.699. The van der Waals surface area contributed by atoms with Crippen molar-refractivity contribution >= 4 is 12.0 Å². The highest BCUT2D eigenvalue weighted by Gasteiger charge is 2.10. The minimum atomic E-state index is -0.188. The highest BCUT2D eigenvalue weighted by Crippen LogP contribution is 2.30. The van der Waals surface area contributed by atoms with Gasteiger partial charge in [-0.05, 0) is 35.9 Å². The highest BCUT2D eigenvalue weighted by molar-refractivity contribution is 5.91. The zero-order valence-electron chi connectivity index (χ0n) is 13.1. The summed E-state index contributed by atoms with van der Waals surface area (Å²) in [5, 5.41) is 2.73. The third kappa shape index (κ3) is 4.40. The van der Waals surface area contributed by atoms with Crippen molar-refractivity contribution in [2.75, 3.05) is 19.8 Å². The third-order valence-electron chi connectivity index (χ3n) is 3.35. The number of benzene rings is 2. The fourth-order valence-corrected chi connectivity index (χ4v) is 2.19. The molecule has 24 heavy (non-hydrogen) atoms.